The van der Waals surface area contributed by atoms with Crippen molar-refractivity contribution in [3.63, 3.8) is 0 Å². The van der Waals surface area contributed by atoms with E-state index < -0.39 is 0 Å². The summed E-state index contributed by atoms with van der Waals surface area (Å²) in [6.45, 7) is 2.01. The highest BCUT2D eigenvalue weighted by atomic mass is 15.2. The summed E-state index contributed by atoms with van der Waals surface area (Å²) in [5.41, 5.74) is 13.5. The standard InChI is InChI=1S/C51H34N4/c1-3-16-46-40(4-2)43-32-37(28-30-49(43)55(46)51-52-45-25-13-11-24-42(45)50(53-51)35-19-9-6-10-20-35)38-27-29-48-44(33-38)41-23-12-14-26-47(41)54(48)39-22-15-21-36(31-39)34-17-7-5-8-18-34/h2-3,5-33H,1H3/b16-3-. The number of fused-ring (bicyclic) bond motifs is 5. The molecular weight excluding hydrogens is 669 g/mol. The number of nitrogens with zero attached hydrogens (tertiary/aromatic N) is 4. The molecule has 0 saturated heterocycles. The molecular formula is C51H34N4. The summed E-state index contributed by atoms with van der Waals surface area (Å²) in [7, 11) is 0. The van der Waals surface area contributed by atoms with Crippen LogP contribution in [0.2, 0.25) is 0 Å². The molecule has 10 rings (SSSR count). The maximum Gasteiger partial charge on any atom is 0.235 e. The fourth-order valence-corrected chi connectivity index (χ4v) is 8.04. The first-order chi connectivity index (χ1) is 27.2. The Hall–Kier alpha value is -7.48. The van der Waals surface area contributed by atoms with Gasteiger partial charge in [0.15, 0.2) is 0 Å². The summed E-state index contributed by atoms with van der Waals surface area (Å²) in [6, 6.07) is 59.8. The molecule has 0 radical (unpaired) electrons. The van der Waals surface area contributed by atoms with Gasteiger partial charge in [-0.15, -0.1) is 6.42 Å². The van der Waals surface area contributed by atoms with E-state index in [1.807, 2.05) is 49.4 Å². The van der Waals surface area contributed by atoms with E-state index in [2.05, 4.69) is 155 Å². The number of hydrogen-bond donors (Lipinski definition) is 0. The van der Waals surface area contributed by atoms with Crippen LogP contribution in [0, 0.1) is 12.3 Å². The van der Waals surface area contributed by atoms with Crippen molar-refractivity contribution < 1.29 is 0 Å². The lowest BCUT2D eigenvalue weighted by Crippen LogP contribution is -2.05. The molecule has 4 nitrogen and oxygen atoms in total. The minimum atomic E-state index is 0.579. The van der Waals surface area contributed by atoms with Crippen molar-refractivity contribution in [3.05, 3.63) is 187 Å². The molecule has 0 aliphatic heterocycles. The molecule has 3 heterocycles. The Morgan fingerprint density at radius 3 is 1.84 bits per heavy atom. The fourth-order valence-electron chi connectivity index (χ4n) is 8.04. The lowest BCUT2D eigenvalue weighted by Gasteiger charge is -2.12. The zero-order valence-corrected chi connectivity index (χ0v) is 30.2. The maximum atomic E-state index is 6.34. The third kappa shape index (κ3) is 5.33. The maximum absolute atomic E-state index is 6.34. The van der Waals surface area contributed by atoms with Gasteiger partial charge in [-0.2, -0.15) is 0 Å². The molecule has 0 N–H and O–H groups in total. The SMILES string of the molecule is C#Cc1c(/C=C\C)n(-c2nc(-c3ccccc3)c3ccccc3n2)c2ccc(-c3ccc4c(c3)c3ccccc3n4-c3cccc(-c4ccccc4)c3)cc12. The molecule has 7 aromatic carbocycles. The topological polar surface area (TPSA) is 35.6 Å². The molecule has 0 bridgehead atoms. The van der Waals surface area contributed by atoms with Crippen LogP contribution in [0.15, 0.2) is 176 Å². The van der Waals surface area contributed by atoms with Crippen molar-refractivity contribution in [2.45, 2.75) is 6.92 Å². The molecule has 0 amide bonds. The summed E-state index contributed by atoms with van der Waals surface area (Å²) in [5, 5.41) is 4.38. The minimum absolute atomic E-state index is 0.579. The van der Waals surface area contributed by atoms with Crippen LogP contribution in [0.3, 0.4) is 0 Å². The smallest absolute Gasteiger partial charge is 0.235 e. The second-order valence-corrected chi connectivity index (χ2v) is 13.7. The van der Waals surface area contributed by atoms with E-state index in [1.54, 1.807) is 0 Å². The van der Waals surface area contributed by atoms with Gasteiger partial charge in [0.05, 0.1) is 39.0 Å². The van der Waals surface area contributed by atoms with Crippen LogP contribution in [0.5, 0.6) is 0 Å². The largest absolute Gasteiger partial charge is 0.309 e. The Balaban J connectivity index is 1.14. The average molecular weight is 703 g/mol. The van der Waals surface area contributed by atoms with Crippen molar-refractivity contribution >= 4 is 49.7 Å². The second-order valence-electron chi connectivity index (χ2n) is 13.7. The van der Waals surface area contributed by atoms with Crippen molar-refractivity contribution in [3.8, 4) is 57.5 Å². The first-order valence-corrected chi connectivity index (χ1v) is 18.5. The van der Waals surface area contributed by atoms with Gasteiger partial charge >= 0.3 is 0 Å². The quantitative estimate of drug-likeness (QED) is 0.162. The Bertz CT molecular complexity index is 3160. The van der Waals surface area contributed by atoms with Crippen LogP contribution in [-0.4, -0.2) is 19.1 Å². The van der Waals surface area contributed by atoms with Gasteiger partial charge in [0.2, 0.25) is 5.95 Å². The molecule has 0 unspecified atom stereocenters. The van der Waals surface area contributed by atoms with Crippen LogP contribution in [0.25, 0.3) is 94.8 Å². The number of para-hydroxylation sites is 2. The molecule has 0 aliphatic rings. The van der Waals surface area contributed by atoms with Crippen LogP contribution in [-0.2, 0) is 0 Å². The van der Waals surface area contributed by atoms with Gasteiger partial charge in [-0.25, -0.2) is 9.97 Å². The van der Waals surface area contributed by atoms with Gasteiger partial charge < -0.3 is 4.57 Å². The van der Waals surface area contributed by atoms with Crippen LogP contribution in [0.1, 0.15) is 18.2 Å². The van der Waals surface area contributed by atoms with Crippen molar-refractivity contribution in [2.24, 2.45) is 0 Å². The van der Waals surface area contributed by atoms with Crippen molar-refractivity contribution in [1.82, 2.24) is 19.1 Å². The van der Waals surface area contributed by atoms with E-state index >= 15 is 0 Å². The first kappa shape index (κ1) is 32.2. The Morgan fingerprint density at radius 2 is 1.09 bits per heavy atom. The predicted octanol–water partition coefficient (Wildman–Crippen LogP) is 12.7. The minimum Gasteiger partial charge on any atom is -0.309 e. The van der Waals surface area contributed by atoms with E-state index in [-0.39, 0.29) is 0 Å². The van der Waals surface area contributed by atoms with Crippen LogP contribution >= 0.6 is 0 Å². The average Bonchev–Trinajstić information content (AvgIpc) is 3.75. The van der Waals surface area contributed by atoms with Gasteiger partial charge in [0.25, 0.3) is 0 Å². The van der Waals surface area contributed by atoms with Crippen LogP contribution < -0.4 is 0 Å². The monoisotopic (exact) mass is 702 g/mol. The lowest BCUT2D eigenvalue weighted by atomic mass is 10.00. The number of terminal acetylenes is 1. The van der Waals surface area contributed by atoms with Gasteiger partial charge in [0, 0.05) is 32.8 Å². The van der Waals surface area contributed by atoms with Crippen molar-refractivity contribution in [1.29, 1.82) is 0 Å². The normalized spacial score (nSPS) is 11.6. The molecule has 10 aromatic rings. The van der Waals surface area contributed by atoms with E-state index in [4.69, 9.17) is 16.4 Å². The number of hydrogen-bond acceptors (Lipinski definition) is 2. The summed E-state index contributed by atoms with van der Waals surface area (Å²) in [5.74, 6) is 3.62. The molecule has 0 fully saturated rings. The number of allylic oxidation sites excluding steroid dienone is 1. The number of benzene rings is 7. The second kappa shape index (κ2) is 13.2. The van der Waals surface area contributed by atoms with Gasteiger partial charge in [0.1, 0.15) is 0 Å². The van der Waals surface area contributed by atoms with Crippen molar-refractivity contribution in [2.75, 3.05) is 0 Å². The predicted molar refractivity (Wildman–Crippen MR) is 230 cm³/mol. The third-order valence-corrected chi connectivity index (χ3v) is 10.5. The highest BCUT2D eigenvalue weighted by molar-refractivity contribution is 6.11. The molecule has 0 aliphatic carbocycles. The zero-order chi connectivity index (χ0) is 36.9. The van der Waals surface area contributed by atoms with E-state index in [9.17, 15) is 0 Å². The molecule has 4 heteroatoms. The number of rotatable bonds is 6. The van der Waals surface area contributed by atoms with E-state index in [1.165, 1.54) is 27.4 Å². The Morgan fingerprint density at radius 1 is 0.491 bits per heavy atom. The fraction of sp³-hybridized carbons (Fsp3) is 0.0196. The highest BCUT2D eigenvalue weighted by Crippen LogP contribution is 2.38. The lowest BCUT2D eigenvalue weighted by molar-refractivity contribution is 0.972. The van der Waals surface area contributed by atoms with Gasteiger partial charge in [-0.05, 0) is 83.8 Å². The van der Waals surface area contributed by atoms with Gasteiger partial charge in [-0.3, -0.25) is 4.57 Å². The molecule has 258 valence electrons. The Labute approximate surface area is 319 Å². The van der Waals surface area contributed by atoms with Crippen LogP contribution in [0.4, 0.5) is 0 Å². The van der Waals surface area contributed by atoms with E-state index in [0.29, 0.717) is 5.95 Å². The molecule has 55 heavy (non-hydrogen) atoms. The molecule has 0 atom stereocenters. The summed E-state index contributed by atoms with van der Waals surface area (Å²) < 4.78 is 4.48. The van der Waals surface area contributed by atoms with E-state index in [0.717, 1.165) is 66.7 Å². The molecule has 0 spiro atoms. The number of aromatic nitrogens is 4. The molecule has 3 aromatic heterocycles. The summed E-state index contributed by atoms with van der Waals surface area (Å²) in [6.07, 6.45) is 10.4. The Kier molecular flexibility index (Phi) is 7.71. The summed E-state index contributed by atoms with van der Waals surface area (Å²) in [4.78, 5) is 10.3. The zero-order valence-electron chi connectivity index (χ0n) is 30.2. The first-order valence-electron chi connectivity index (χ1n) is 18.5. The van der Waals surface area contributed by atoms with Gasteiger partial charge in [-0.1, -0.05) is 133 Å². The third-order valence-electron chi connectivity index (χ3n) is 10.5. The summed E-state index contributed by atoms with van der Waals surface area (Å²) >= 11 is 0. The highest BCUT2D eigenvalue weighted by Gasteiger charge is 2.21. The molecule has 0 saturated carbocycles.